The minimum absolute atomic E-state index is 0.0933. The Kier molecular flexibility index (Phi) is 4.16. The maximum absolute atomic E-state index is 4.75. The molecule has 2 atom stereocenters. The molecule has 2 nitrogen and oxygen atoms in total. The van der Waals surface area contributed by atoms with E-state index in [1.807, 2.05) is 11.3 Å². The van der Waals surface area contributed by atoms with Gasteiger partial charge in [0.25, 0.3) is 0 Å². The SMILES string of the molecule is Cc1csc(C2(NC(C)C)CCCSC2C)n1. The fourth-order valence-corrected chi connectivity index (χ4v) is 4.96. The van der Waals surface area contributed by atoms with Crippen molar-refractivity contribution in [1.82, 2.24) is 10.3 Å². The number of rotatable bonds is 3. The zero-order valence-corrected chi connectivity index (χ0v) is 12.8. The summed E-state index contributed by atoms with van der Waals surface area (Å²) in [5.74, 6) is 1.28. The van der Waals surface area contributed by atoms with Crippen LogP contribution in [0.5, 0.6) is 0 Å². The molecule has 2 rings (SSSR count). The van der Waals surface area contributed by atoms with Gasteiger partial charge in [-0.3, -0.25) is 0 Å². The van der Waals surface area contributed by atoms with Gasteiger partial charge in [0.1, 0.15) is 5.01 Å². The van der Waals surface area contributed by atoms with Gasteiger partial charge >= 0.3 is 0 Å². The lowest BCUT2D eigenvalue weighted by atomic mass is 9.89. The smallest absolute Gasteiger partial charge is 0.114 e. The minimum Gasteiger partial charge on any atom is -0.302 e. The molecule has 0 aliphatic carbocycles. The molecular weight excluding hydrogens is 248 g/mol. The van der Waals surface area contributed by atoms with Gasteiger partial charge in [-0.1, -0.05) is 6.92 Å². The first-order chi connectivity index (χ1) is 8.04. The average Bonchev–Trinajstić information content (AvgIpc) is 2.68. The Balaban J connectivity index is 2.34. The summed E-state index contributed by atoms with van der Waals surface area (Å²) in [5.41, 5.74) is 1.24. The second-order valence-corrected chi connectivity index (χ2v) is 7.49. The summed E-state index contributed by atoms with van der Waals surface area (Å²) in [5, 5.41) is 7.86. The van der Waals surface area contributed by atoms with Crippen molar-refractivity contribution in [3.8, 4) is 0 Å². The number of thiazole rings is 1. The number of aromatic nitrogens is 1. The molecule has 1 aliphatic rings. The Morgan fingerprint density at radius 2 is 2.29 bits per heavy atom. The van der Waals surface area contributed by atoms with Crippen molar-refractivity contribution in [2.45, 2.75) is 57.4 Å². The zero-order chi connectivity index (χ0) is 12.5. The second kappa shape index (κ2) is 5.29. The molecule has 0 bridgehead atoms. The van der Waals surface area contributed by atoms with E-state index >= 15 is 0 Å². The van der Waals surface area contributed by atoms with Crippen molar-refractivity contribution in [2.75, 3.05) is 5.75 Å². The third-order valence-electron chi connectivity index (χ3n) is 3.32. The quantitative estimate of drug-likeness (QED) is 0.909. The molecule has 1 aromatic heterocycles. The molecule has 1 aromatic rings. The predicted molar refractivity (Wildman–Crippen MR) is 78.0 cm³/mol. The fourth-order valence-electron chi connectivity index (χ4n) is 2.56. The normalized spacial score (nSPS) is 29.8. The van der Waals surface area contributed by atoms with Gasteiger partial charge in [-0.05, 0) is 39.4 Å². The summed E-state index contributed by atoms with van der Waals surface area (Å²) in [6, 6.07) is 0.500. The van der Waals surface area contributed by atoms with Gasteiger partial charge in [-0.25, -0.2) is 4.98 Å². The van der Waals surface area contributed by atoms with Crippen molar-refractivity contribution in [3.63, 3.8) is 0 Å². The predicted octanol–water partition coefficient (Wildman–Crippen LogP) is 3.56. The molecular formula is C13H22N2S2. The summed E-state index contributed by atoms with van der Waals surface area (Å²) in [6.45, 7) is 8.89. The van der Waals surface area contributed by atoms with Gasteiger partial charge in [0, 0.05) is 22.4 Å². The van der Waals surface area contributed by atoms with Crippen LogP contribution in [-0.4, -0.2) is 22.0 Å². The Bertz CT molecular complexity index is 375. The minimum atomic E-state index is 0.0933. The molecule has 0 saturated carbocycles. The molecule has 2 heterocycles. The number of hydrogen-bond donors (Lipinski definition) is 1. The molecule has 1 fully saturated rings. The highest BCUT2D eigenvalue weighted by Gasteiger charge is 2.42. The van der Waals surface area contributed by atoms with Gasteiger partial charge in [-0.15, -0.1) is 11.3 Å². The fraction of sp³-hybridized carbons (Fsp3) is 0.769. The van der Waals surface area contributed by atoms with E-state index in [2.05, 4.69) is 50.2 Å². The largest absolute Gasteiger partial charge is 0.302 e. The van der Waals surface area contributed by atoms with Crippen LogP contribution in [0.2, 0.25) is 0 Å². The molecule has 96 valence electrons. The molecule has 1 saturated heterocycles. The van der Waals surface area contributed by atoms with Crippen LogP contribution in [0.4, 0.5) is 0 Å². The lowest BCUT2D eigenvalue weighted by Crippen LogP contribution is -2.53. The molecule has 0 aromatic carbocycles. The van der Waals surface area contributed by atoms with E-state index in [4.69, 9.17) is 4.98 Å². The van der Waals surface area contributed by atoms with Crippen LogP contribution in [0, 0.1) is 6.92 Å². The van der Waals surface area contributed by atoms with E-state index in [9.17, 15) is 0 Å². The standard InChI is InChI=1S/C13H22N2S2/c1-9(2)15-13(6-5-7-16-11(13)4)12-14-10(3)8-17-12/h8-9,11,15H,5-7H2,1-4H3. The van der Waals surface area contributed by atoms with Crippen molar-refractivity contribution in [3.05, 3.63) is 16.1 Å². The summed E-state index contributed by atoms with van der Waals surface area (Å²) < 4.78 is 0. The number of nitrogens with one attached hydrogen (secondary N) is 1. The van der Waals surface area contributed by atoms with E-state index in [-0.39, 0.29) is 5.54 Å². The van der Waals surface area contributed by atoms with E-state index in [0.717, 1.165) is 5.69 Å². The second-order valence-electron chi connectivity index (χ2n) is 5.18. The van der Waals surface area contributed by atoms with Crippen LogP contribution in [0.3, 0.4) is 0 Å². The van der Waals surface area contributed by atoms with E-state index in [1.54, 1.807) is 0 Å². The van der Waals surface area contributed by atoms with Crippen molar-refractivity contribution in [2.24, 2.45) is 0 Å². The first kappa shape index (κ1) is 13.4. The highest BCUT2D eigenvalue weighted by molar-refractivity contribution is 8.00. The lowest BCUT2D eigenvalue weighted by molar-refractivity contribution is 0.271. The molecule has 17 heavy (non-hydrogen) atoms. The molecule has 4 heteroatoms. The maximum Gasteiger partial charge on any atom is 0.114 e. The number of hydrogen-bond acceptors (Lipinski definition) is 4. The van der Waals surface area contributed by atoms with Crippen LogP contribution < -0.4 is 5.32 Å². The highest BCUT2D eigenvalue weighted by atomic mass is 32.2. The van der Waals surface area contributed by atoms with Gasteiger partial charge in [0.05, 0.1) is 5.54 Å². The number of thioether (sulfide) groups is 1. The molecule has 0 spiro atoms. The van der Waals surface area contributed by atoms with Crippen LogP contribution in [0.1, 0.15) is 44.3 Å². The third-order valence-corrected chi connectivity index (χ3v) is 5.89. The third kappa shape index (κ3) is 2.69. The lowest BCUT2D eigenvalue weighted by Gasteiger charge is -2.43. The summed E-state index contributed by atoms with van der Waals surface area (Å²) >= 11 is 3.89. The molecule has 2 unspecified atom stereocenters. The first-order valence-electron chi connectivity index (χ1n) is 6.36. The number of nitrogens with zero attached hydrogens (tertiary/aromatic N) is 1. The van der Waals surface area contributed by atoms with Crippen LogP contribution in [0.25, 0.3) is 0 Å². The van der Waals surface area contributed by atoms with E-state index < -0.39 is 0 Å². The topological polar surface area (TPSA) is 24.9 Å². The Labute approximate surface area is 113 Å². The van der Waals surface area contributed by atoms with Crippen LogP contribution in [0.15, 0.2) is 5.38 Å². The summed E-state index contributed by atoms with van der Waals surface area (Å²) in [6.07, 6.45) is 2.50. The Morgan fingerprint density at radius 1 is 1.53 bits per heavy atom. The van der Waals surface area contributed by atoms with E-state index in [1.165, 1.54) is 23.6 Å². The zero-order valence-electron chi connectivity index (χ0n) is 11.1. The maximum atomic E-state index is 4.75. The summed E-state index contributed by atoms with van der Waals surface area (Å²) in [4.78, 5) is 4.75. The van der Waals surface area contributed by atoms with Crippen LogP contribution in [-0.2, 0) is 5.54 Å². The monoisotopic (exact) mass is 270 g/mol. The van der Waals surface area contributed by atoms with Gasteiger partial charge < -0.3 is 5.32 Å². The van der Waals surface area contributed by atoms with Crippen molar-refractivity contribution < 1.29 is 0 Å². The molecule has 1 aliphatic heterocycles. The summed E-state index contributed by atoms with van der Waals surface area (Å²) in [7, 11) is 0. The van der Waals surface area contributed by atoms with Crippen molar-refractivity contribution >= 4 is 23.1 Å². The first-order valence-corrected chi connectivity index (χ1v) is 8.29. The van der Waals surface area contributed by atoms with Crippen LogP contribution >= 0.6 is 23.1 Å². The highest BCUT2D eigenvalue weighted by Crippen LogP contribution is 2.42. The Morgan fingerprint density at radius 3 is 2.82 bits per heavy atom. The van der Waals surface area contributed by atoms with Gasteiger partial charge in [-0.2, -0.15) is 11.8 Å². The Hall–Kier alpha value is -0.0600. The van der Waals surface area contributed by atoms with Crippen molar-refractivity contribution in [1.29, 1.82) is 0 Å². The molecule has 0 radical (unpaired) electrons. The van der Waals surface area contributed by atoms with Gasteiger partial charge in [0.15, 0.2) is 0 Å². The number of aryl methyl sites for hydroxylation is 1. The molecule has 1 N–H and O–H groups in total. The average molecular weight is 270 g/mol. The van der Waals surface area contributed by atoms with Gasteiger partial charge in [0.2, 0.25) is 0 Å². The van der Waals surface area contributed by atoms with E-state index in [0.29, 0.717) is 11.3 Å². The molecule has 0 amide bonds.